The monoisotopic (exact) mass is 225 g/mol. The second kappa shape index (κ2) is 4.29. The molecule has 5 nitrogen and oxygen atoms in total. The average molecular weight is 225 g/mol. The van der Waals surface area contributed by atoms with Crippen LogP contribution >= 0.6 is 0 Å². The van der Waals surface area contributed by atoms with E-state index in [0.29, 0.717) is 6.54 Å². The Morgan fingerprint density at radius 2 is 2.24 bits per heavy atom. The fraction of sp³-hybridized carbons (Fsp3) is 0.167. The van der Waals surface area contributed by atoms with Crippen molar-refractivity contribution in [2.45, 2.75) is 13.0 Å². The molecule has 0 bridgehead atoms. The van der Waals surface area contributed by atoms with Gasteiger partial charge in [0.15, 0.2) is 5.84 Å². The topological polar surface area (TPSA) is 62.0 Å². The molecule has 3 heterocycles. The molecule has 1 N–H and O–H groups in total. The summed E-state index contributed by atoms with van der Waals surface area (Å²) < 4.78 is 0. The van der Waals surface area contributed by atoms with Gasteiger partial charge in [0.05, 0.1) is 18.0 Å². The van der Waals surface area contributed by atoms with Crippen LogP contribution in [0.1, 0.15) is 12.1 Å². The fourth-order valence-corrected chi connectivity index (χ4v) is 1.70. The standard InChI is InChI=1S/C12H11N5/c1-2-4-13-9(3-1)6-14-10-5-11-12(15-7-10)17-8-16-11/h1-4,7-8,14H,5-6H2. The van der Waals surface area contributed by atoms with Crippen LogP contribution in [0, 0.1) is 0 Å². The van der Waals surface area contributed by atoms with Gasteiger partial charge in [-0.3, -0.25) is 4.98 Å². The maximum absolute atomic E-state index is 4.25. The third-order valence-electron chi connectivity index (χ3n) is 2.57. The van der Waals surface area contributed by atoms with E-state index in [-0.39, 0.29) is 0 Å². The normalized spacial score (nSPS) is 17.1. The van der Waals surface area contributed by atoms with Crippen molar-refractivity contribution in [2.24, 2.45) is 15.0 Å². The minimum atomic E-state index is 0.700. The molecule has 1 aromatic heterocycles. The van der Waals surface area contributed by atoms with E-state index in [4.69, 9.17) is 0 Å². The van der Waals surface area contributed by atoms with Gasteiger partial charge >= 0.3 is 0 Å². The van der Waals surface area contributed by atoms with E-state index < -0.39 is 0 Å². The summed E-state index contributed by atoms with van der Waals surface area (Å²) in [6.07, 6.45) is 5.90. The van der Waals surface area contributed by atoms with Gasteiger partial charge in [0.2, 0.25) is 0 Å². The lowest BCUT2D eigenvalue weighted by molar-refractivity contribution is 0.770. The van der Waals surface area contributed by atoms with Crippen LogP contribution in [-0.4, -0.2) is 22.9 Å². The lowest BCUT2D eigenvalue weighted by Gasteiger charge is -2.13. The number of hydrogen-bond acceptors (Lipinski definition) is 5. The third-order valence-corrected chi connectivity index (χ3v) is 2.57. The van der Waals surface area contributed by atoms with E-state index >= 15 is 0 Å². The molecule has 1 aromatic rings. The van der Waals surface area contributed by atoms with E-state index in [0.717, 1.165) is 29.4 Å². The average Bonchev–Trinajstić information content (AvgIpc) is 2.85. The summed E-state index contributed by atoms with van der Waals surface area (Å²) in [5.41, 5.74) is 2.98. The van der Waals surface area contributed by atoms with Crippen LogP contribution in [0.25, 0.3) is 0 Å². The van der Waals surface area contributed by atoms with Crippen molar-refractivity contribution < 1.29 is 0 Å². The second-order valence-corrected chi connectivity index (χ2v) is 3.78. The number of rotatable bonds is 3. The van der Waals surface area contributed by atoms with Gasteiger partial charge in [-0.2, -0.15) is 0 Å². The number of fused-ring (bicyclic) bond motifs is 1. The van der Waals surface area contributed by atoms with Crippen LogP contribution in [0.2, 0.25) is 0 Å². The Hall–Kier alpha value is -2.30. The summed E-state index contributed by atoms with van der Waals surface area (Å²) in [7, 11) is 0. The summed E-state index contributed by atoms with van der Waals surface area (Å²) in [6, 6.07) is 5.87. The summed E-state index contributed by atoms with van der Waals surface area (Å²) >= 11 is 0. The van der Waals surface area contributed by atoms with Crippen molar-refractivity contribution in [3.63, 3.8) is 0 Å². The lowest BCUT2D eigenvalue weighted by atomic mass is 10.1. The van der Waals surface area contributed by atoms with Crippen molar-refractivity contribution >= 4 is 17.9 Å². The van der Waals surface area contributed by atoms with Crippen LogP contribution in [0.4, 0.5) is 0 Å². The molecule has 17 heavy (non-hydrogen) atoms. The van der Waals surface area contributed by atoms with E-state index in [1.54, 1.807) is 18.7 Å². The second-order valence-electron chi connectivity index (χ2n) is 3.78. The zero-order valence-electron chi connectivity index (χ0n) is 9.17. The lowest BCUT2D eigenvalue weighted by Crippen LogP contribution is -2.21. The number of nitrogens with zero attached hydrogens (tertiary/aromatic N) is 4. The van der Waals surface area contributed by atoms with E-state index in [9.17, 15) is 0 Å². The first-order valence-corrected chi connectivity index (χ1v) is 5.42. The quantitative estimate of drug-likeness (QED) is 0.842. The molecule has 0 unspecified atom stereocenters. The zero-order chi connectivity index (χ0) is 11.5. The predicted octanol–water partition coefficient (Wildman–Crippen LogP) is 1.30. The molecule has 0 fully saturated rings. The maximum atomic E-state index is 4.25. The molecule has 0 aliphatic carbocycles. The number of aliphatic imine (C=N–C) groups is 3. The Bertz CT molecular complexity index is 539. The first-order valence-electron chi connectivity index (χ1n) is 5.42. The van der Waals surface area contributed by atoms with E-state index in [2.05, 4.69) is 25.3 Å². The Kier molecular flexibility index (Phi) is 2.50. The van der Waals surface area contributed by atoms with Gasteiger partial charge in [-0.15, -0.1) is 0 Å². The SMILES string of the molecule is C1=NC2=NC=C(NCc3ccccn3)CC2=N1. The van der Waals surface area contributed by atoms with Gasteiger partial charge in [0, 0.05) is 24.5 Å². The fourth-order valence-electron chi connectivity index (χ4n) is 1.70. The summed E-state index contributed by atoms with van der Waals surface area (Å²) in [5.74, 6) is 0.730. The van der Waals surface area contributed by atoms with Gasteiger partial charge in [-0.1, -0.05) is 6.07 Å². The number of nitrogens with one attached hydrogen (secondary N) is 1. The number of hydrogen-bond donors (Lipinski definition) is 1. The van der Waals surface area contributed by atoms with Gasteiger partial charge < -0.3 is 5.32 Å². The largest absolute Gasteiger partial charge is 0.381 e. The maximum Gasteiger partial charge on any atom is 0.175 e. The molecule has 84 valence electrons. The summed E-state index contributed by atoms with van der Waals surface area (Å²) in [6.45, 7) is 0.700. The minimum Gasteiger partial charge on any atom is -0.381 e. The van der Waals surface area contributed by atoms with Crippen LogP contribution < -0.4 is 5.32 Å². The van der Waals surface area contributed by atoms with Crippen LogP contribution in [-0.2, 0) is 6.54 Å². The molecule has 0 aromatic carbocycles. The molecule has 0 radical (unpaired) electrons. The molecule has 2 aliphatic heterocycles. The Balaban J connectivity index is 1.64. The molecule has 0 saturated carbocycles. The summed E-state index contributed by atoms with van der Waals surface area (Å²) in [4.78, 5) is 16.7. The molecule has 0 spiro atoms. The van der Waals surface area contributed by atoms with Gasteiger partial charge in [0.1, 0.15) is 6.34 Å². The molecular formula is C12H11N5. The van der Waals surface area contributed by atoms with Crippen molar-refractivity contribution in [3.05, 3.63) is 42.0 Å². The number of amidine groups is 1. The summed E-state index contributed by atoms with van der Waals surface area (Å²) in [5, 5.41) is 3.31. The highest BCUT2D eigenvalue weighted by Gasteiger charge is 2.17. The smallest absolute Gasteiger partial charge is 0.175 e. The molecule has 0 atom stereocenters. The third kappa shape index (κ3) is 2.13. The minimum absolute atomic E-state index is 0.700. The Labute approximate surface area is 98.7 Å². The molecule has 2 aliphatic rings. The first-order chi connectivity index (χ1) is 8.42. The van der Waals surface area contributed by atoms with Gasteiger partial charge in [-0.25, -0.2) is 15.0 Å². The molecular weight excluding hydrogens is 214 g/mol. The highest BCUT2D eigenvalue weighted by molar-refractivity contribution is 6.47. The number of allylic oxidation sites excluding steroid dienone is 1. The highest BCUT2D eigenvalue weighted by atomic mass is 15.1. The molecule has 0 amide bonds. The first kappa shape index (κ1) is 9.89. The highest BCUT2D eigenvalue weighted by Crippen LogP contribution is 2.12. The van der Waals surface area contributed by atoms with Crippen molar-refractivity contribution in [3.8, 4) is 0 Å². The van der Waals surface area contributed by atoms with Gasteiger partial charge in [0.25, 0.3) is 0 Å². The molecule has 3 rings (SSSR count). The van der Waals surface area contributed by atoms with Crippen molar-refractivity contribution in [2.75, 3.05) is 0 Å². The van der Waals surface area contributed by atoms with Crippen molar-refractivity contribution in [1.82, 2.24) is 10.3 Å². The van der Waals surface area contributed by atoms with Crippen LogP contribution in [0.3, 0.4) is 0 Å². The Morgan fingerprint density at radius 1 is 1.24 bits per heavy atom. The van der Waals surface area contributed by atoms with Crippen LogP contribution in [0.15, 0.2) is 51.3 Å². The zero-order valence-corrected chi connectivity index (χ0v) is 9.17. The molecule has 5 heteroatoms. The number of aromatic nitrogens is 1. The van der Waals surface area contributed by atoms with E-state index in [1.165, 1.54) is 0 Å². The molecule has 0 saturated heterocycles. The number of pyridine rings is 1. The van der Waals surface area contributed by atoms with Crippen molar-refractivity contribution in [1.29, 1.82) is 0 Å². The Morgan fingerprint density at radius 3 is 3.12 bits per heavy atom. The van der Waals surface area contributed by atoms with E-state index in [1.807, 2.05) is 18.2 Å². The predicted molar refractivity (Wildman–Crippen MR) is 67.1 cm³/mol. The van der Waals surface area contributed by atoms with Crippen LogP contribution in [0.5, 0.6) is 0 Å². The van der Waals surface area contributed by atoms with Gasteiger partial charge in [-0.05, 0) is 12.1 Å².